The van der Waals surface area contributed by atoms with Crippen LogP contribution in [-0.2, 0) is 4.79 Å². The molecule has 0 N–H and O–H groups in total. The van der Waals surface area contributed by atoms with Crippen molar-refractivity contribution < 1.29 is 9.53 Å². The number of hydrogen-bond donors (Lipinski definition) is 0. The first kappa shape index (κ1) is 23.4. The SMILES string of the molecule is COc1ccc(-c2nnc(S[C@H](C(=O)N(C)C)c3ccccc3)n2[C@H]2CCCC[C@H]2C)cc1. The molecule has 7 heteroatoms. The molecule has 33 heavy (non-hydrogen) atoms. The van der Waals surface area contributed by atoms with Crippen molar-refractivity contribution in [3.63, 3.8) is 0 Å². The lowest BCUT2D eigenvalue weighted by Crippen LogP contribution is -2.27. The van der Waals surface area contributed by atoms with Gasteiger partial charge < -0.3 is 9.64 Å². The smallest absolute Gasteiger partial charge is 0.240 e. The average Bonchev–Trinajstić information content (AvgIpc) is 3.26. The lowest BCUT2D eigenvalue weighted by atomic mass is 9.85. The maximum atomic E-state index is 13.2. The fourth-order valence-corrected chi connectivity index (χ4v) is 5.74. The maximum absolute atomic E-state index is 13.2. The molecule has 174 valence electrons. The number of ether oxygens (including phenoxy) is 1. The van der Waals surface area contributed by atoms with Crippen molar-refractivity contribution in [2.45, 2.75) is 49.1 Å². The van der Waals surface area contributed by atoms with Crippen molar-refractivity contribution in [3.8, 4) is 17.1 Å². The third-order valence-corrected chi connectivity index (χ3v) is 7.60. The van der Waals surface area contributed by atoms with Crippen LogP contribution in [0.2, 0.25) is 0 Å². The molecule has 1 aliphatic carbocycles. The van der Waals surface area contributed by atoms with Crippen LogP contribution in [0, 0.1) is 5.92 Å². The van der Waals surface area contributed by atoms with Gasteiger partial charge >= 0.3 is 0 Å². The van der Waals surface area contributed by atoms with E-state index in [1.54, 1.807) is 26.1 Å². The standard InChI is InChI=1S/C26H32N4O2S/c1-18-10-8-9-13-22(18)30-24(20-14-16-21(32-4)17-15-20)27-28-26(30)33-23(25(31)29(2)3)19-11-6-5-7-12-19/h5-7,11-12,14-18,22-23H,8-10,13H2,1-4H3/t18-,22+,23+/m1/s1. The highest BCUT2D eigenvalue weighted by Crippen LogP contribution is 2.43. The van der Waals surface area contributed by atoms with Gasteiger partial charge in [-0.25, -0.2) is 0 Å². The number of thioether (sulfide) groups is 1. The second kappa shape index (κ2) is 10.4. The molecule has 0 unspecified atom stereocenters. The highest BCUT2D eigenvalue weighted by molar-refractivity contribution is 8.00. The Bertz CT molecular complexity index is 1070. The van der Waals surface area contributed by atoms with Crippen LogP contribution in [0.1, 0.15) is 49.5 Å². The van der Waals surface area contributed by atoms with Crippen LogP contribution in [0.5, 0.6) is 5.75 Å². The van der Waals surface area contributed by atoms with E-state index in [1.807, 2.05) is 54.6 Å². The molecule has 0 aliphatic heterocycles. The lowest BCUT2D eigenvalue weighted by Gasteiger charge is -2.32. The number of hydrogen-bond acceptors (Lipinski definition) is 5. The molecule has 1 heterocycles. The van der Waals surface area contributed by atoms with E-state index >= 15 is 0 Å². The van der Waals surface area contributed by atoms with E-state index in [-0.39, 0.29) is 11.2 Å². The second-order valence-electron chi connectivity index (χ2n) is 8.88. The van der Waals surface area contributed by atoms with Crippen LogP contribution in [0.25, 0.3) is 11.4 Å². The van der Waals surface area contributed by atoms with Gasteiger partial charge in [-0.3, -0.25) is 9.36 Å². The van der Waals surface area contributed by atoms with Crippen LogP contribution < -0.4 is 4.74 Å². The second-order valence-corrected chi connectivity index (χ2v) is 9.95. The van der Waals surface area contributed by atoms with Crippen LogP contribution in [-0.4, -0.2) is 46.8 Å². The predicted molar refractivity (Wildman–Crippen MR) is 132 cm³/mol. The summed E-state index contributed by atoms with van der Waals surface area (Å²) in [7, 11) is 5.27. The molecular formula is C26H32N4O2S. The number of aromatic nitrogens is 3. The first-order valence-corrected chi connectivity index (χ1v) is 12.4. The van der Waals surface area contributed by atoms with Crippen molar-refractivity contribution in [3.05, 3.63) is 60.2 Å². The molecule has 0 bridgehead atoms. The summed E-state index contributed by atoms with van der Waals surface area (Å²) in [5.74, 6) is 2.23. The number of rotatable bonds is 7. The number of carbonyl (C=O) groups excluding carboxylic acids is 1. The van der Waals surface area contributed by atoms with Crippen molar-refractivity contribution in [1.29, 1.82) is 0 Å². The number of carbonyl (C=O) groups is 1. The molecule has 1 aliphatic rings. The third-order valence-electron chi connectivity index (χ3n) is 6.40. The summed E-state index contributed by atoms with van der Waals surface area (Å²) in [5.41, 5.74) is 1.97. The van der Waals surface area contributed by atoms with Gasteiger partial charge in [-0.2, -0.15) is 0 Å². The highest BCUT2D eigenvalue weighted by atomic mass is 32.2. The zero-order valence-corrected chi connectivity index (χ0v) is 20.6. The average molecular weight is 465 g/mol. The summed E-state index contributed by atoms with van der Waals surface area (Å²) in [6.45, 7) is 2.32. The van der Waals surface area contributed by atoms with Crippen molar-refractivity contribution >= 4 is 17.7 Å². The Morgan fingerprint density at radius 2 is 1.76 bits per heavy atom. The molecule has 0 spiro atoms. The molecule has 1 amide bonds. The summed E-state index contributed by atoms with van der Waals surface area (Å²) < 4.78 is 7.62. The summed E-state index contributed by atoms with van der Waals surface area (Å²) in [6, 6.07) is 18.2. The molecule has 4 rings (SSSR count). The molecule has 0 saturated heterocycles. The molecule has 3 aromatic rings. The zero-order chi connectivity index (χ0) is 23.4. The van der Waals surface area contributed by atoms with Gasteiger partial charge in [0.1, 0.15) is 11.0 Å². The largest absolute Gasteiger partial charge is 0.497 e. The normalized spacial score (nSPS) is 19.2. The van der Waals surface area contributed by atoms with E-state index in [9.17, 15) is 4.79 Å². The quantitative estimate of drug-likeness (QED) is 0.424. The van der Waals surface area contributed by atoms with Gasteiger partial charge in [-0.05, 0) is 48.6 Å². The molecule has 1 saturated carbocycles. The van der Waals surface area contributed by atoms with Gasteiger partial charge in [0.2, 0.25) is 5.91 Å². The Kier molecular flexibility index (Phi) is 7.38. The number of benzene rings is 2. The Morgan fingerprint density at radius 1 is 1.06 bits per heavy atom. The van der Waals surface area contributed by atoms with E-state index in [4.69, 9.17) is 4.74 Å². The minimum atomic E-state index is -0.383. The van der Waals surface area contributed by atoms with Crippen molar-refractivity contribution in [2.75, 3.05) is 21.2 Å². The first-order chi connectivity index (χ1) is 16.0. The number of nitrogens with zero attached hydrogens (tertiary/aromatic N) is 4. The monoisotopic (exact) mass is 464 g/mol. The molecule has 0 radical (unpaired) electrons. The number of amides is 1. The van der Waals surface area contributed by atoms with Gasteiger partial charge in [-0.15, -0.1) is 10.2 Å². The summed E-state index contributed by atoms with van der Waals surface area (Å²) in [4.78, 5) is 14.8. The molecular weight excluding hydrogens is 432 g/mol. The van der Waals surface area contributed by atoms with E-state index in [0.717, 1.165) is 34.3 Å². The Labute approximate surface area is 200 Å². The molecule has 1 aromatic heterocycles. The van der Waals surface area contributed by atoms with E-state index in [1.165, 1.54) is 31.0 Å². The van der Waals surface area contributed by atoms with Gasteiger partial charge in [0.25, 0.3) is 0 Å². The molecule has 1 fully saturated rings. The van der Waals surface area contributed by atoms with Gasteiger partial charge in [0.05, 0.1) is 7.11 Å². The van der Waals surface area contributed by atoms with Crippen LogP contribution in [0.4, 0.5) is 0 Å². The van der Waals surface area contributed by atoms with E-state index < -0.39 is 0 Å². The summed E-state index contributed by atoms with van der Waals surface area (Å²) >= 11 is 1.50. The summed E-state index contributed by atoms with van der Waals surface area (Å²) in [6.07, 6.45) is 4.73. The number of methoxy groups -OCH3 is 1. The fraction of sp³-hybridized carbons (Fsp3) is 0.423. The topological polar surface area (TPSA) is 60.3 Å². The minimum Gasteiger partial charge on any atom is -0.497 e. The molecule has 6 nitrogen and oxygen atoms in total. The summed E-state index contributed by atoms with van der Waals surface area (Å²) in [5, 5.41) is 9.67. The van der Waals surface area contributed by atoms with Crippen LogP contribution >= 0.6 is 11.8 Å². The van der Waals surface area contributed by atoms with Gasteiger partial charge in [0.15, 0.2) is 11.0 Å². The zero-order valence-electron chi connectivity index (χ0n) is 19.8. The number of likely N-dealkylation sites (N-methyl/N-ethyl adjacent to an activating group) is 1. The molecule has 3 atom stereocenters. The maximum Gasteiger partial charge on any atom is 0.240 e. The van der Waals surface area contributed by atoms with E-state index in [0.29, 0.717) is 12.0 Å². The van der Waals surface area contributed by atoms with Gasteiger partial charge in [0, 0.05) is 25.7 Å². The van der Waals surface area contributed by atoms with Crippen molar-refractivity contribution in [2.24, 2.45) is 5.92 Å². The Balaban J connectivity index is 1.78. The minimum absolute atomic E-state index is 0.0449. The highest BCUT2D eigenvalue weighted by Gasteiger charge is 2.32. The van der Waals surface area contributed by atoms with Gasteiger partial charge in [-0.1, -0.05) is 61.9 Å². The lowest BCUT2D eigenvalue weighted by molar-refractivity contribution is -0.128. The fourth-order valence-electron chi connectivity index (χ4n) is 4.50. The third kappa shape index (κ3) is 5.08. The first-order valence-electron chi connectivity index (χ1n) is 11.5. The van der Waals surface area contributed by atoms with Crippen LogP contribution in [0.3, 0.4) is 0 Å². The van der Waals surface area contributed by atoms with Crippen LogP contribution in [0.15, 0.2) is 59.8 Å². The van der Waals surface area contributed by atoms with E-state index in [2.05, 4.69) is 21.7 Å². The van der Waals surface area contributed by atoms with Crippen molar-refractivity contribution in [1.82, 2.24) is 19.7 Å². The Hall–Kier alpha value is -2.80. The predicted octanol–water partition coefficient (Wildman–Crippen LogP) is 5.63. The Morgan fingerprint density at radius 3 is 2.39 bits per heavy atom. The molecule has 2 aromatic carbocycles.